The topological polar surface area (TPSA) is 78.5 Å². The Labute approximate surface area is 174 Å². The summed E-state index contributed by atoms with van der Waals surface area (Å²) in [5.41, 5.74) is 3.28. The van der Waals surface area contributed by atoms with Crippen LogP contribution >= 0.6 is 0 Å². The molecule has 0 bridgehead atoms. The van der Waals surface area contributed by atoms with Gasteiger partial charge in [-0.05, 0) is 29.8 Å². The first-order valence-corrected chi connectivity index (χ1v) is 9.91. The van der Waals surface area contributed by atoms with Crippen molar-refractivity contribution >= 4 is 34.9 Å². The van der Waals surface area contributed by atoms with Crippen LogP contribution in [0.25, 0.3) is 23.1 Å². The average molecular weight is 404 g/mol. The van der Waals surface area contributed by atoms with Gasteiger partial charge in [-0.15, -0.1) is 0 Å². The van der Waals surface area contributed by atoms with E-state index in [-0.39, 0.29) is 11.8 Å². The summed E-state index contributed by atoms with van der Waals surface area (Å²) >= 11 is 0. The van der Waals surface area contributed by atoms with E-state index >= 15 is 0 Å². The molecule has 1 N–H and O–H groups in total. The van der Waals surface area contributed by atoms with Crippen molar-refractivity contribution < 1.29 is 14.3 Å². The maximum absolute atomic E-state index is 13.0. The average Bonchev–Trinajstić information content (AvgIpc) is 3.20. The van der Waals surface area contributed by atoms with Gasteiger partial charge in [-0.1, -0.05) is 30.3 Å². The van der Waals surface area contributed by atoms with E-state index in [1.54, 1.807) is 29.9 Å². The van der Waals surface area contributed by atoms with Crippen molar-refractivity contribution in [2.45, 2.75) is 6.92 Å². The number of hydrogen-bond donors (Lipinski definition) is 1. The lowest BCUT2D eigenvalue weighted by Crippen LogP contribution is -2.50. The lowest BCUT2D eigenvalue weighted by atomic mass is 10.1. The van der Waals surface area contributed by atoms with Gasteiger partial charge in [0.1, 0.15) is 5.75 Å². The van der Waals surface area contributed by atoms with E-state index < -0.39 is 0 Å². The number of aromatic nitrogens is 2. The van der Waals surface area contributed by atoms with Crippen LogP contribution < -0.4 is 4.74 Å². The van der Waals surface area contributed by atoms with Crippen LogP contribution in [0.5, 0.6) is 5.75 Å². The normalized spacial score (nSPS) is 14.5. The van der Waals surface area contributed by atoms with Crippen LogP contribution in [0.1, 0.15) is 28.5 Å². The molecule has 2 heterocycles. The maximum Gasteiger partial charge on any atom is 0.257 e. The third-order valence-electron chi connectivity index (χ3n) is 5.40. The Morgan fingerprint density at radius 3 is 2.50 bits per heavy atom. The van der Waals surface area contributed by atoms with Crippen LogP contribution in [0.15, 0.2) is 42.5 Å². The molecule has 154 valence electrons. The van der Waals surface area contributed by atoms with Crippen LogP contribution in [0, 0.1) is 0 Å². The van der Waals surface area contributed by atoms with Crippen molar-refractivity contribution in [3.05, 3.63) is 59.3 Å². The highest BCUT2D eigenvalue weighted by Gasteiger charge is 2.25. The van der Waals surface area contributed by atoms with Gasteiger partial charge < -0.3 is 14.5 Å². The number of piperazine rings is 1. The number of hydrogen-bond acceptors (Lipinski definition) is 4. The highest BCUT2D eigenvalue weighted by Crippen LogP contribution is 2.24. The second-order valence-corrected chi connectivity index (χ2v) is 7.25. The van der Waals surface area contributed by atoms with Crippen molar-refractivity contribution in [2.75, 3.05) is 33.3 Å². The molecule has 7 heteroatoms. The molecule has 3 aromatic rings. The quantitative estimate of drug-likeness (QED) is 0.725. The maximum atomic E-state index is 13.0. The highest BCUT2D eigenvalue weighted by molar-refractivity contribution is 5.97. The van der Waals surface area contributed by atoms with Gasteiger partial charge in [-0.3, -0.25) is 14.7 Å². The molecule has 1 saturated heterocycles. The summed E-state index contributed by atoms with van der Waals surface area (Å²) in [5, 5.41) is 8.42. The van der Waals surface area contributed by atoms with Gasteiger partial charge in [0.15, 0.2) is 0 Å². The predicted molar refractivity (Wildman–Crippen MR) is 116 cm³/mol. The molecule has 1 aliphatic rings. The summed E-state index contributed by atoms with van der Waals surface area (Å²) in [6, 6.07) is 13.5. The third kappa shape index (κ3) is 3.91. The zero-order valence-electron chi connectivity index (χ0n) is 17.1. The molecule has 0 spiro atoms. The number of nitrogens with zero attached hydrogens (tertiary/aromatic N) is 3. The summed E-state index contributed by atoms with van der Waals surface area (Å²) in [7, 11) is 1.56. The van der Waals surface area contributed by atoms with E-state index in [2.05, 4.69) is 10.2 Å². The number of carbonyl (C=O) groups excluding carboxylic acids is 2. The number of amides is 2. The SMILES string of the molecule is COc1cc(/C=C/c2n[nH]c3ccccc23)ccc1C(=O)N1CCN(C(C)=O)CC1. The van der Waals surface area contributed by atoms with Gasteiger partial charge >= 0.3 is 0 Å². The number of H-pyrrole nitrogens is 1. The molecule has 4 rings (SSSR count). The van der Waals surface area contributed by atoms with Crippen LogP contribution in [0.2, 0.25) is 0 Å². The van der Waals surface area contributed by atoms with E-state index in [4.69, 9.17) is 4.74 Å². The van der Waals surface area contributed by atoms with Crippen LogP contribution in [0.3, 0.4) is 0 Å². The second-order valence-electron chi connectivity index (χ2n) is 7.25. The van der Waals surface area contributed by atoms with Crippen molar-refractivity contribution in [3.63, 3.8) is 0 Å². The Morgan fingerprint density at radius 2 is 1.77 bits per heavy atom. The second kappa shape index (κ2) is 8.41. The van der Waals surface area contributed by atoms with Crippen molar-refractivity contribution in [1.29, 1.82) is 0 Å². The molecule has 1 aliphatic heterocycles. The smallest absolute Gasteiger partial charge is 0.257 e. The van der Waals surface area contributed by atoms with Gasteiger partial charge in [-0.2, -0.15) is 5.10 Å². The zero-order chi connectivity index (χ0) is 21.1. The molecule has 0 aliphatic carbocycles. The molecular weight excluding hydrogens is 380 g/mol. The van der Waals surface area contributed by atoms with Gasteiger partial charge in [-0.25, -0.2) is 0 Å². The van der Waals surface area contributed by atoms with Crippen LogP contribution in [-0.4, -0.2) is 65.1 Å². The van der Waals surface area contributed by atoms with Gasteiger partial charge in [0.25, 0.3) is 5.91 Å². The number of nitrogens with one attached hydrogen (secondary N) is 1. The standard InChI is InChI=1S/C23H24N4O3/c1-16(28)26-11-13-27(14-12-26)23(29)19-9-7-17(15-22(19)30-2)8-10-21-18-5-3-4-6-20(18)24-25-21/h3-10,15H,11-14H2,1-2H3,(H,24,25)/b10-8+. The number of methoxy groups -OCH3 is 1. The van der Waals surface area contributed by atoms with Crippen LogP contribution in [-0.2, 0) is 4.79 Å². The zero-order valence-corrected chi connectivity index (χ0v) is 17.1. The highest BCUT2D eigenvalue weighted by atomic mass is 16.5. The summed E-state index contributed by atoms with van der Waals surface area (Å²) in [4.78, 5) is 28.0. The Morgan fingerprint density at radius 1 is 1.03 bits per heavy atom. The molecule has 1 fully saturated rings. The number of aromatic amines is 1. The third-order valence-corrected chi connectivity index (χ3v) is 5.40. The van der Waals surface area contributed by atoms with Gasteiger partial charge in [0.05, 0.1) is 23.9 Å². The molecule has 0 saturated carbocycles. The molecule has 0 unspecified atom stereocenters. The predicted octanol–water partition coefficient (Wildman–Crippen LogP) is 3.05. The van der Waals surface area contributed by atoms with Gasteiger partial charge in [0.2, 0.25) is 5.91 Å². The molecule has 0 atom stereocenters. The van der Waals surface area contributed by atoms with E-state index in [9.17, 15) is 9.59 Å². The van der Waals surface area contributed by atoms with E-state index in [0.29, 0.717) is 37.5 Å². The molecule has 30 heavy (non-hydrogen) atoms. The minimum atomic E-state index is -0.0797. The van der Waals surface area contributed by atoms with Crippen molar-refractivity contribution in [2.24, 2.45) is 0 Å². The fraction of sp³-hybridized carbons (Fsp3) is 0.261. The van der Waals surface area contributed by atoms with Crippen molar-refractivity contribution in [3.8, 4) is 5.75 Å². The molecule has 7 nitrogen and oxygen atoms in total. The Balaban J connectivity index is 1.51. The Bertz CT molecular complexity index is 1110. The summed E-state index contributed by atoms with van der Waals surface area (Å²) in [6.45, 7) is 3.72. The molecule has 0 radical (unpaired) electrons. The first-order chi connectivity index (χ1) is 14.6. The number of para-hydroxylation sites is 1. The van der Waals surface area contributed by atoms with Gasteiger partial charge in [0, 0.05) is 38.5 Å². The fourth-order valence-corrected chi connectivity index (χ4v) is 3.67. The van der Waals surface area contributed by atoms with E-state index in [1.807, 2.05) is 48.6 Å². The van der Waals surface area contributed by atoms with Crippen molar-refractivity contribution in [1.82, 2.24) is 20.0 Å². The van der Waals surface area contributed by atoms with Crippen LogP contribution in [0.4, 0.5) is 0 Å². The number of rotatable bonds is 4. The largest absolute Gasteiger partial charge is 0.496 e. The molecular formula is C23H24N4O3. The lowest BCUT2D eigenvalue weighted by Gasteiger charge is -2.34. The first-order valence-electron chi connectivity index (χ1n) is 9.91. The molecule has 2 amide bonds. The minimum Gasteiger partial charge on any atom is -0.496 e. The Hall–Kier alpha value is -3.61. The summed E-state index contributed by atoms with van der Waals surface area (Å²) in [6.07, 6.45) is 3.89. The monoisotopic (exact) mass is 404 g/mol. The lowest BCUT2D eigenvalue weighted by molar-refractivity contribution is -0.130. The molecule has 1 aromatic heterocycles. The summed E-state index contributed by atoms with van der Waals surface area (Å²) < 4.78 is 5.50. The number of benzene rings is 2. The minimum absolute atomic E-state index is 0.0421. The summed E-state index contributed by atoms with van der Waals surface area (Å²) in [5.74, 6) is 0.493. The van der Waals surface area contributed by atoms with E-state index in [1.165, 1.54) is 0 Å². The fourth-order valence-electron chi connectivity index (χ4n) is 3.67. The first kappa shape index (κ1) is 19.7. The number of fused-ring (bicyclic) bond motifs is 1. The Kier molecular flexibility index (Phi) is 5.52. The van der Waals surface area contributed by atoms with E-state index in [0.717, 1.165) is 22.2 Å². The number of ether oxygens (including phenoxy) is 1. The number of carbonyl (C=O) groups is 2. The molecule has 2 aromatic carbocycles.